The summed E-state index contributed by atoms with van der Waals surface area (Å²) in [7, 11) is 0. The van der Waals surface area contributed by atoms with Gasteiger partial charge in [0.25, 0.3) is 0 Å². The Bertz CT molecular complexity index is 293. The van der Waals surface area contributed by atoms with Gasteiger partial charge in [-0.3, -0.25) is 0 Å². The van der Waals surface area contributed by atoms with Crippen molar-refractivity contribution in [2.75, 3.05) is 11.9 Å². The van der Waals surface area contributed by atoms with Gasteiger partial charge >= 0.3 is 0 Å². The van der Waals surface area contributed by atoms with Crippen molar-refractivity contribution in [2.45, 2.75) is 31.8 Å². The molecule has 2 atom stereocenters. The largest absolute Gasteiger partial charge is 0.378 e. The lowest BCUT2D eigenvalue weighted by molar-refractivity contribution is 0.0925. The molecule has 2 unspecified atom stereocenters. The number of halogens is 1. The number of rotatable bonds is 5. The van der Waals surface area contributed by atoms with Crippen LogP contribution in [0.2, 0.25) is 0 Å². The second-order valence-corrected chi connectivity index (χ2v) is 5.23. The van der Waals surface area contributed by atoms with E-state index in [2.05, 4.69) is 46.3 Å². The highest BCUT2D eigenvalue weighted by molar-refractivity contribution is 9.09. The van der Waals surface area contributed by atoms with Gasteiger partial charge in [-0.2, -0.15) is 0 Å². The number of alkyl halides is 1. The van der Waals surface area contributed by atoms with Crippen LogP contribution in [-0.2, 0) is 11.2 Å². The number of hydrogen-bond acceptors (Lipinski definition) is 1. The molecule has 0 amide bonds. The molecular formula is C14H19BrO. The molecule has 0 saturated carbocycles. The van der Waals surface area contributed by atoms with Crippen molar-refractivity contribution >= 4 is 15.9 Å². The van der Waals surface area contributed by atoms with Gasteiger partial charge in [0.2, 0.25) is 0 Å². The van der Waals surface area contributed by atoms with Crippen molar-refractivity contribution < 1.29 is 4.74 Å². The summed E-state index contributed by atoms with van der Waals surface area (Å²) >= 11 is 3.63. The van der Waals surface area contributed by atoms with Crippen LogP contribution in [0.3, 0.4) is 0 Å². The van der Waals surface area contributed by atoms with Crippen LogP contribution in [-0.4, -0.2) is 18.0 Å². The fraction of sp³-hybridized carbons (Fsp3) is 0.571. The standard InChI is InChI=1S/C14H19BrO/c15-11-13(10-14-7-4-8-16-14)9-12-5-2-1-3-6-12/h1-3,5-6,13-14H,4,7-11H2. The van der Waals surface area contributed by atoms with Gasteiger partial charge < -0.3 is 4.74 Å². The zero-order chi connectivity index (χ0) is 11.2. The zero-order valence-corrected chi connectivity index (χ0v) is 11.2. The first-order valence-corrected chi connectivity index (χ1v) is 7.22. The van der Waals surface area contributed by atoms with Crippen LogP contribution in [0.25, 0.3) is 0 Å². The second kappa shape index (κ2) is 6.41. The van der Waals surface area contributed by atoms with Gasteiger partial charge in [0, 0.05) is 11.9 Å². The Hall–Kier alpha value is -0.340. The maximum Gasteiger partial charge on any atom is 0.0579 e. The maximum absolute atomic E-state index is 5.70. The van der Waals surface area contributed by atoms with Gasteiger partial charge in [-0.1, -0.05) is 46.3 Å². The van der Waals surface area contributed by atoms with E-state index >= 15 is 0 Å². The number of ether oxygens (including phenoxy) is 1. The van der Waals surface area contributed by atoms with Gasteiger partial charge in [-0.25, -0.2) is 0 Å². The average Bonchev–Trinajstić information content (AvgIpc) is 2.82. The molecule has 1 fully saturated rings. The lowest BCUT2D eigenvalue weighted by atomic mass is 9.94. The van der Waals surface area contributed by atoms with Gasteiger partial charge in [0.05, 0.1) is 6.10 Å². The van der Waals surface area contributed by atoms with Crippen LogP contribution in [0.15, 0.2) is 30.3 Å². The highest BCUT2D eigenvalue weighted by Gasteiger charge is 2.20. The third-order valence-corrected chi connectivity index (χ3v) is 4.12. The number of benzene rings is 1. The lowest BCUT2D eigenvalue weighted by Crippen LogP contribution is -2.16. The fourth-order valence-electron chi connectivity index (χ4n) is 2.35. The molecule has 2 rings (SSSR count). The zero-order valence-electron chi connectivity index (χ0n) is 9.57. The molecule has 0 spiro atoms. The predicted octanol–water partition coefficient (Wildman–Crippen LogP) is 3.81. The molecule has 1 nitrogen and oxygen atoms in total. The van der Waals surface area contributed by atoms with E-state index in [4.69, 9.17) is 4.74 Å². The maximum atomic E-state index is 5.70. The van der Waals surface area contributed by atoms with Gasteiger partial charge in [0.1, 0.15) is 0 Å². The molecule has 1 aliphatic rings. The molecule has 16 heavy (non-hydrogen) atoms. The summed E-state index contributed by atoms with van der Waals surface area (Å²) in [4.78, 5) is 0. The van der Waals surface area contributed by atoms with Crippen LogP contribution < -0.4 is 0 Å². The van der Waals surface area contributed by atoms with E-state index < -0.39 is 0 Å². The molecule has 88 valence electrons. The molecule has 2 heteroatoms. The summed E-state index contributed by atoms with van der Waals surface area (Å²) in [5.74, 6) is 0.700. The highest BCUT2D eigenvalue weighted by Crippen LogP contribution is 2.23. The molecule has 0 aliphatic carbocycles. The summed E-state index contributed by atoms with van der Waals surface area (Å²) in [6.07, 6.45) is 5.35. The summed E-state index contributed by atoms with van der Waals surface area (Å²) in [5, 5.41) is 1.07. The minimum absolute atomic E-state index is 0.506. The van der Waals surface area contributed by atoms with E-state index in [1.807, 2.05) is 0 Å². The van der Waals surface area contributed by atoms with Crippen molar-refractivity contribution in [2.24, 2.45) is 5.92 Å². The third-order valence-electron chi connectivity index (χ3n) is 3.21. The van der Waals surface area contributed by atoms with E-state index in [0.29, 0.717) is 12.0 Å². The summed E-state index contributed by atoms with van der Waals surface area (Å²) in [5.41, 5.74) is 1.44. The molecule has 0 radical (unpaired) electrons. The fourth-order valence-corrected chi connectivity index (χ4v) is 2.84. The van der Waals surface area contributed by atoms with Crippen molar-refractivity contribution in [3.05, 3.63) is 35.9 Å². The average molecular weight is 283 g/mol. The predicted molar refractivity (Wildman–Crippen MR) is 71.0 cm³/mol. The lowest BCUT2D eigenvalue weighted by Gasteiger charge is -2.18. The van der Waals surface area contributed by atoms with E-state index in [1.165, 1.54) is 24.8 Å². The Morgan fingerprint density at radius 2 is 2.12 bits per heavy atom. The first-order valence-electron chi connectivity index (χ1n) is 6.10. The molecule has 1 saturated heterocycles. The Morgan fingerprint density at radius 1 is 1.31 bits per heavy atom. The smallest absolute Gasteiger partial charge is 0.0579 e. The summed E-state index contributed by atoms with van der Waals surface area (Å²) in [6.45, 7) is 0.963. The van der Waals surface area contributed by atoms with Gasteiger partial charge in [-0.15, -0.1) is 0 Å². The molecule has 1 aliphatic heterocycles. The highest BCUT2D eigenvalue weighted by atomic mass is 79.9. The van der Waals surface area contributed by atoms with Crippen molar-refractivity contribution in [3.8, 4) is 0 Å². The Kier molecular flexibility index (Phi) is 4.86. The van der Waals surface area contributed by atoms with Crippen molar-refractivity contribution in [1.29, 1.82) is 0 Å². The van der Waals surface area contributed by atoms with Crippen molar-refractivity contribution in [3.63, 3.8) is 0 Å². The van der Waals surface area contributed by atoms with E-state index in [9.17, 15) is 0 Å². The Balaban J connectivity index is 1.85. The molecule has 1 aromatic rings. The minimum atomic E-state index is 0.506. The monoisotopic (exact) mass is 282 g/mol. The van der Waals surface area contributed by atoms with Crippen LogP contribution in [0.5, 0.6) is 0 Å². The van der Waals surface area contributed by atoms with Gasteiger partial charge in [0.15, 0.2) is 0 Å². The Morgan fingerprint density at radius 3 is 2.75 bits per heavy atom. The van der Waals surface area contributed by atoms with Crippen LogP contribution in [0.4, 0.5) is 0 Å². The van der Waals surface area contributed by atoms with E-state index in [-0.39, 0.29) is 0 Å². The van der Waals surface area contributed by atoms with Crippen LogP contribution in [0, 0.1) is 5.92 Å². The summed E-state index contributed by atoms with van der Waals surface area (Å²) in [6, 6.07) is 10.7. The van der Waals surface area contributed by atoms with Crippen LogP contribution in [0.1, 0.15) is 24.8 Å². The number of hydrogen-bond donors (Lipinski definition) is 0. The van der Waals surface area contributed by atoms with E-state index in [0.717, 1.165) is 18.4 Å². The molecule has 1 aromatic carbocycles. The quantitative estimate of drug-likeness (QED) is 0.747. The molecular weight excluding hydrogens is 264 g/mol. The van der Waals surface area contributed by atoms with E-state index in [1.54, 1.807) is 0 Å². The minimum Gasteiger partial charge on any atom is -0.378 e. The molecule has 0 aromatic heterocycles. The van der Waals surface area contributed by atoms with Crippen LogP contribution >= 0.6 is 15.9 Å². The molecule has 1 heterocycles. The first-order chi connectivity index (χ1) is 7.88. The topological polar surface area (TPSA) is 9.23 Å². The third kappa shape index (κ3) is 3.60. The SMILES string of the molecule is BrCC(Cc1ccccc1)CC1CCCO1. The Labute approximate surface area is 106 Å². The second-order valence-electron chi connectivity index (χ2n) is 4.58. The summed E-state index contributed by atoms with van der Waals surface area (Å²) < 4.78 is 5.70. The molecule has 0 bridgehead atoms. The van der Waals surface area contributed by atoms with Gasteiger partial charge in [-0.05, 0) is 37.2 Å². The normalized spacial score (nSPS) is 22.2. The molecule has 0 N–H and O–H groups in total. The van der Waals surface area contributed by atoms with Crippen molar-refractivity contribution in [1.82, 2.24) is 0 Å². The first kappa shape index (κ1) is 12.1.